The monoisotopic (exact) mass is 280 g/mol. The molecule has 3 fully saturated rings. The third-order valence-electron chi connectivity index (χ3n) is 5.33. The van der Waals surface area contributed by atoms with Gasteiger partial charge in [0.1, 0.15) is 0 Å². The fourth-order valence-corrected chi connectivity index (χ4v) is 4.29. The summed E-state index contributed by atoms with van der Waals surface area (Å²) in [5.74, 6) is -0.169. The van der Waals surface area contributed by atoms with Crippen molar-refractivity contribution in [1.29, 1.82) is 0 Å². The van der Waals surface area contributed by atoms with Crippen LogP contribution in [-0.4, -0.2) is 58.5 Å². The highest BCUT2D eigenvalue weighted by atomic mass is 16.4. The maximum Gasteiger partial charge on any atom is 0.308 e. The van der Waals surface area contributed by atoms with Crippen molar-refractivity contribution < 1.29 is 14.7 Å². The van der Waals surface area contributed by atoms with Gasteiger partial charge in [0.2, 0.25) is 5.91 Å². The van der Waals surface area contributed by atoms with Crippen LogP contribution in [0.1, 0.15) is 39.0 Å². The SMILES string of the molecule is CC1CCCN(C(=O)CN2C3CCC2C(C(=O)O)C3)C1. The lowest BCUT2D eigenvalue weighted by molar-refractivity contribution is -0.143. The lowest BCUT2D eigenvalue weighted by Gasteiger charge is -2.33. The molecule has 3 heterocycles. The predicted molar refractivity (Wildman–Crippen MR) is 74.2 cm³/mol. The molecule has 5 heteroatoms. The fourth-order valence-electron chi connectivity index (χ4n) is 4.29. The van der Waals surface area contributed by atoms with Gasteiger partial charge in [-0.2, -0.15) is 0 Å². The second-order valence-electron chi connectivity index (χ2n) is 6.74. The van der Waals surface area contributed by atoms with Crippen molar-refractivity contribution in [3.63, 3.8) is 0 Å². The molecule has 3 saturated heterocycles. The maximum atomic E-state index is 12.4. The molecule has 0 aromatic rings. The van der Waals surface area contributed by atoms with Gasteiger partial charge in [0.15, 0.2) is 0 Å². The largest absolute Gasteiger partial charge is 0.481 e. The molecule has 3 rings (SSSR count). The van der Waals surface area contributed by atoms with Gasteiger partial charge in [-0.3, -0.25) is 14.5 Å². The summed E-state index contributed by atoms with van der Waals surface area (Å²) in [6.45, 7) is 4.35. The van der Waals surface area contributed by atoms with E-state index in [2.05, 4.69) is 11.8 Å². The number of hydrogen-bond acceptors (Lipinski definition) is 3. The molecule has 0 saturated carbocycles. The third kappa shape index (κ3) is 2.43. The molecule has 3 aliphatic rings. The van der Waals surface area contributed by atoms with Crippen LogP contribution in [0.15, 0.2) is 0 Å². The van der Waals surface area contributed by atoms with Gasteiger partial charge < -0.3 is 10.0 Å². The molecule has 2 bridgehead atoms. The molecule has 3 aliphatic heterocycles. The summed E-state index contributed by atoms with van der Waals surface area (Å²) in [4.78, 5) is 27.8. The zero-order valence-electron chi connectivity index (χ0n) is 12.1. The van der Waals surface area contributed by atoms with Crippen molar-refractivity contribution in [2.24, 2.45) is 11.8 Å². The molecule has 1 N–H and O–H groups in total. The van der Waals surface area contributed by atoms with Gasteiger partial charge in [-0.1, -0.05) is 6.92 Å². The highest BCUT2D eigenvalue weighted by Gasteiger charge is 2.49. The van der Waals surface area contributed by atoms with Crippen molar-refractivity contribution in [2.75, 3.05) is 19.6 Å². The molecule has 20 heavy (non-hydrogen) atoms. The van der Waals surface area contributed by atoms with E-state index in [4.69, 9.17) is 0 Å². The summed E-state index contributed by atoms with van der Waals surface area (Å²) in [6.07, 6.45) is 5.02. The van der Waals surface area contributed by atoms with Crippen LogP contribution in [0, 0.1) is 11.8 Å². The highest BCUT2D eigenvalue weighted by Crippen LogP contribution is 2.41. The average Bonchev–Trinajstić information content (AvgIpc) is 2.96. The Bertz CT molecular complexity index is 412. The normalized spacial score (nSPS) is 37.4. The second kappa shape index (κ2) is 5.35. The zero-order chi connectivity index (χ0) is 14.3. The molecule has 1 amide bonds. The molecular formula is C15H24N2O3. The van der Waals surface area contributed by atoms with Crippen molar-refractivity contribution >= 4 is 11.9 Å². The van der Waals surface area contributed by atoms with Crippen molar-refractivity contribution in [2.45, 2.75) is 51.1 Å². The molecule has 0 radical (unpaired) electrons. The second-order valence-corrected chi connectivity index (χ2v) is 6.74. The van der Waals surface area contributed by atoms with Gasteiger partial charge in [-0.15, -0.1) is 0 Å². The standard InChI is InChI=1S/C15H24N2O3/c1-10-3-2-6-16(8-10)14(18)9-17-11-4-5-13(17)12(7-11)15(19)20/h10-13H,2-9H2,1H3,(H,19,20). The quantitative estimate of drug-likeness (QED) is 0.843. The van der Waals surface area contributed by atoms with Crippen LogP contribution in [0.25, 0.3) is 0 Å². The van der Waals surface area contributed by atoms with Crippen molar-refractivity contribution in [3.05, 3.63) is 0 Å². The molecule has 0 aromatic heterocycles. The lowest BCUT2D eigenvalue weighted by atomic mass is 9.89. The van der Waals surface area contributed by atoms with Gasteiger partial charge in [0.25, 0.3) is 0 Å². The van der Waals surface area contributed by atoms with Crippen LogP contribution in [0.5, 0.6) is 0 Å². The molecule has 0 spiro atoms. The van der Waals surface area contributed by atoms with E-state index in [1.807, 2.05) is 4.90 Å². The van der Waals surface area contributed by atoms with Crippen LogP contribution in [-0.2, 0) is 9.59 Å². The van der Waals surface area contributed by atoms with E-state index in [1.54, 1.807) is 0 Å². The number of likely N-dealkylation sites (tertiary alicyclic amines) is 1. The Morgan fingerprint density at radius 2 is 2.05 bits per heavy atom. The number of hydrogen-bond donors (Lipinski definition) is 1. The Kier molecular flexibility index (Phi) is 3.71. The Hall–Kier alpha value is -1.10. The minimum absolute atomic E-state index is 0.0867. The number of carboxylic acids is 1. The first-order valence-electron chi connectivity index (χ1n) is 7.82. The number of carbonyl (C=O) groups excluding carboxylic acids is 1. The first kappa shape index (κ1) is 13.9. The van der Waals surface area contributed by atoms with Crippen LogP contribution in [0.2, 0.25) is 0 Å². The molecule has 4 unspecified atom stereocenters. The van der Waals surface area contributed by atoms with Crippen LogP contribution >= 0.6 is 0 Å². The summed E-state index contributed by atoms with van der Waals surface area (Å²) in [6, 6.07) is 0.399. The number of piperidine rings is 1. The van der Waals surface area contributed by atoms with Gasteiger partial charge in [-0.25, -0.2) is 0 Å². The van der Waals surface area contributed by atoms with E-state index in [-0.39, 0.29) is 17.9 Å². The fraction of sp³-hybridized carbons (Fsp3) is 0.867. The lowest BCUT2D eigenvalue weighted by Crippen LogP contribution is -2.46. The smallest absolute Gasteiger partial charge is 0.308 e. The van der Waals surface area contributed by atoms with Gasteiger partial charge in [-0.05, 0) is 38.0 Å². The van der Waals surface area contributed by atoms with Crippen molar-refractivity contribution in [3.8, 4) is 0 Å². The minimum atomic E-state index is -0.693. The van der Waals surface area contributed by atoms with E-state index in [0.717, 1.165) is 38.8 Å². The van der Waals surface area contributed by atoms with Gasteiger partial charge >= 0.3 is 5.97 Å². The molecular weight excluding hydrogens is 256 g/mol. The van der Waals surface area contributed by atoms with E-state index >= 15 is 0 Å². The van der Waals surface area contributed by atoms with Crippen molar-refractivity contribution in [1.82, 2.24) is 9.80 Å². The Labute approximate surface area is 119 Å². The number of aliphatic carboxylic acids is 1. The first-order valence-corrected chi connectivity index (χ1v) is 7.82. The van der Waals surface area contributed by atoms with E-state index in [9.17, 15) is 14.7 Å². The summed E-state index contributed by atoms with van der Waals surface area (Å²) in [5, 5.41) is 9.25. The maximum absolute atomic E-state index is 12.4. The molecule has 4 atom stereocenters. The predicted octanol–water partition coefficient (Wildman–Crippen LogP) is 1.18. The number of fused-ring (bicyclic) bond motifs is 2. The molecule has 0 aromatic carbocycles. The van der Waals surface area contributed by atoms with Gasteiger partial charge in [0.05, 0.1) is 12.5 Å². The zero-order valence-corrected chi connectivity index (χ0v) is 12.1. The Balaban J connectivity index is 1.61. The number of nitrogens with zero attached hydrogens (tertiary/aromatic N) is 2. The van der Waals surface area contributed by atoms with Crippen LogP contribution in [0.3, 0.4) is 0 Å². The van der Waals surface area contributed by atoms with E-state index < -0.39 is 5.97 Å². The Morgan fingerprint density at radius 1 is 1.25 bits per heavy atom. The number of rotatable bonds is 3. The molecule has 112 valence electrons. The summed E-state index contributed by atoms with van der Waals surface area (Å²) in [7, 11) is 0. The summed E-state index contributed by atoms with van der Waals surface area (Å²) >= 11 is 0. The highest BCUT2D eigenvalue weighted by molar-refractivity contribution is 5.79. The summed E-state index contributed by atoms with van der Waals surface area (Å²) in [5.41, 5.74) is 0. The molecule has 5 nitrogen and oxygen atoms in total. The number of amides is 1. The van der Waals surface area contributed by atoms with Crippen LogP contribution < -0.4 is 0 Å². The average molecular weight is 280 g/mol. The van der Waals surface area contributed by atoms with E-state index in [1.165, 1.54) is 6.42 Å². The molecule has 0 aliphatic carbocycles. The van der Waals surface area contributed by atoms with Crippen LogP contribution in [0.4, 0.5) is 0 Å². The van der Waals surface area contributed by atoms with Gasteiger partial charge in [0, 0.05) is 25.2 Å². The minimum Gasteiger partial charge on any atom is -0.481 e. The van der Waals surface area contributed by atoms with E-state index in [0.29, 0.717) is 18.5 Å². The first-order chi connectivity index (χ1) is 9.56. The summed E-state index contributed by atoms with van der Waals surface area (Å²) < 4.78 is 0. The third-order valence-corrected chi connectivity index (χ3v) is 5.33. The number of carbonyl (C=O) groups is 2. The topological polar surface area (TPSA) is 60.9 Å². The number of carboxylic acid groups (broad SMARTS) is 1. The Morgan fingerprint density at radius 3 is 2.70 bits per heavy atom.